The molecule has 0 aromatic carbocycles. The Morgan fingerprint density at radius 1 is 1.62 bits per heavy atom. The molecular weight excluding hydrogens is 176 g/mol. The maximum absolute atomic E-state index is 12.3. The minimum absolute atomic E-state index is 0.0579. The Morgan fingerprint density at radius 3 is 2.69 bits per heavy atom. The van der Waals surface area contributed by atoms with Crippen LogP contribution in [-0.4, -0.2) is 4.98 Å². The first-order chi connectivity index (χ1) is 6.06. The third-order valence-electron chi connectivity index (χ3n) is 1.66. The number of aromatic nitrogens is 1. The average molecular weight is 183 g/mol. The Bertz CT molecular complexity index is 368. The number of halogens is 2. The largest absolute Gasteiger partial charge is 0.384 e. The molecule has 0 unspecified atom stereocenters. The van der Waals surface area contributed by atoms with Crippen molar-refractivity contribution in [2.45, 2.75) is 13.3 Å². The molecule has 0 fully saturated rings. The maximum Gasteiger partial charge on any atom is 0.280 e. The number of alkyl halides is 2. The molecule has 0 amide bonds. The van der Waals surface area contributed by atoms with Gasteiger partial charge in [-0.1, -0.05) is 0 Å². The summed E-state index contributed by atoms with van der Waals surface area (Å²) in [4.78, 5) is 3.46. The van der Waals surface area contributed by atoms with E-state index in [-0.39, 0.29) is 16.9 Å². The third-order valence-corrected chi connectivity index (χ3v) is 1.66. The lowest BCUT2D eigenvalue weighted by Gasteiger charge is -2.05. The molecule has 0 spiro atoms. The molecule has 0 aliphatic heterocycles. The first-order valence-corrected chi connectivity index (χ1v) is 3.51. The monoisotopic (exact) mass is 183 g/mol. The van der Waals surface area contributed by atoms with Crippen LogP contribution in [0.5, 0.6) is 0 Å². The molecular formula is C8H7F2N3. The molecule has 1 heterocycles. The second-order valence-corrected chi connectivity index (χ2v) is 2.52. The van der Waals surface area contributed by atoms with Crippen molar-refractivity contribution in [1.29, 1.82) is 5.26 Å². The van der Waals surface area contributed by atoms with Crippen LogP contribution in [0.15, 0.2) is 6.07 Å². The van der Waals surface area contributed by atoms with E-state index < -0.39 is 12.1 Å². The number of pyridine rings is 1. The molecule has 1 aromatic heterocycles. The van der Waals surface area contributed by atoms with Crippen molar-refractivity contribution in [2.24, 2.45) is 0 Å². The van der Waals surface area contributed by atoms with E-state index >= 15 is 0 Å². The lowest BCUT2D eigenvalue weighted by molar-refractivity contribution is 0.145. The summed E-state index contributed by atoms with van der Waals surface area (Å²) in [6.45, 7) is 1.42. The minimum atomic E-state index is -2.70. The fourth-order valence-corrected chi connectivity index (χ4v) is 0.978. The second kappa shape index (κ2) is 3.35. The number of nitrogens with two attached hydrogens (primary N) is 1. The highest BCUT2D eigenvalue weighted by Crippen LogP contribution is 2.23. The lowest BCUT2D eigenvalue weighted by atomic mass is 10.1. The summed E-state index contributed by atoms with van der Waals surface area (Å²) in [6, 6.07) is 3.06. The van der Waals surface area contributed by atoms with Crippen LogP contribution in [0.25, 0.3) is 0 Å². The Labute approximate surface area is 73.8 Å². The zero-order valence-corrected chi connectivity index (χ0v) is 6.88. The molecule has 3 nitrogen and oxygen atoms in total. The number of nitriles is 1. The molecule has 0 aliphatic rings. The second-order valence-electron chi connectivity index (χ2n) is 2.52. The molecule has 1 rings (SSSR count). The SMILES string of the molecule is Cc1c(C#N)cc(N)nc1C(F)F. The normalized spacial score (nSPS) is 10.1. The highest BCUT2D eigenvalue weighted by molar-refractivity contribution is 5.47. The van der Waals surface area contributed by atoms with Gasteiger partial charge in [-0.15, -0.1) is 0 Å². The van der Waals surface area contributed by atoms with Gasteiger partial charge in [0.2, 0.25) is 0 Å². The van der Waals surface area contributed by atoms with Crippen LogP contribution in [0.4, 0.5) is 14.6 Å². The number of anilines is 1. The van der Waals surface area contributed by atoms with Gasteiger partial charge in [0.1, 0.15) is 11.5 Å². The van der Waals surface area contributed by atoms with E-state index in [0.29, 0.717) is 0 Å². The molecule has 0 atom stereocenters. The van der Waals surface area contributed by atoms with Gasteiger partial charge in [-0.25, -0.2) is 13.8 Å². The molecule has 0 saturated heterocycles. The van der Waals surface area contributed by atoms with Gasteiger partial charge in [-0.3, -0.25) is 0 Å². The van der Waals surface area contributed by atoms with Gasteiger partial charge < -0.3 is 5.73 Å². The van der Waals surface area contributed by atoms with Crippen molar-refractivity contribution in [3.63, 3.8) is 0 Å². The molecule has 2 N–H and O–H groups in total. The predicted molar refractivity (Wildman–Crippen MR) is 43.1 cm³/mol. The first-order valence-electron chi connectivity index (χ1n) is 3.51. The van der Waals surface area contributed by atoms with Gasteiger partial charge in [-0.2, -0.15) is 5.26 Å². The molecule has 13 heavy (non-hydrogen) atoms. The van der Waals surface area contributed by atoms with Crippen molar-refractivity contribution >= 4 is 5.82 Å². The maximum atomic E-state index is 12.3. The Kier molecular flexibility index (Phi) is 2.42. The van der Waals surface area contributed by atoms with Crippen LogP contribution < -0.4 is 5.73 Å². The van der Waals surface area contributed by atoms with Crippen molar-refractivity contribution in [3.8, 4) is 6.07 Å². The lowest BCUT2D eigenvalue weighted by Crippen LogP contribution is -2.01. The summed E-state index contributed by atoms with van der Waals surface area (Å²) in [5.41, 5.74) is 5.15. The van der Waals surface area contributed by atoms with Crippen LogP contribution >= 0.6 is 0 Å². The standard InChI is InChI=1S/C8H7F2N3/c1-4-5(3-11)2-6(12)13-7(4)8(9)10/h2,8H,1H3,(H2,12,13). The van der Waals surface area contributed by atoms with E-state index in [1.807, 2.05) is 0 Å². The van der Waals surface area contributed by atoms with Gasteiger partial charge in [0.05, 0.1) is 11.6 Å². The number of nitrogen functional groups attached to an aromatic ring is 1. The van der Waals surface area contributed by atoms with Crippen molar-refractivity contribution in [3.05, 3.63) is 22.9 Å². The summed E-state index contributed by atoms with van der Waals surface area (Å²) in [6.07, 6.45) is -2.70. The predicted octanol–water partition coefficient (Wildman–Crippen LogP) is 1.78. The summed E-state index contributed by atoms with van der Waals surface area (Å²) in [5.74, 6) is -0.0579. The van der Waals surface area contributed by atoms with E-state index in [1.165, 1.54) is 13.0 Å². The van der Waals surface area contributed by atoms with Crippen LogP contribution in [0, 0.1) is 18.3 Å². The van der Waals surface area contributed by atoms with Crippen LogP contribution in [-0.2, 0) is 0 Å². The number of rotatable bonds is 1. The highest BCUT2D eigenvalue weighted by atomic mass is 19.3. The quantitative estimate of drug-likeness (QED) is 0.721. The van der Waals surface area contributed by atoms with E-state index in [1.54, 1.807) is 6.07 Å². The molecule has 0 saturated carbocycles. The van der Waals surface area contributed by atoms with Crippen molar-refractivity contribution < 1.29 is 8.78 Å². The van der Waals surface area contributed by atoms with Crippen LogP contribution in [0.1, 0.15) is 23.2 Å². The highest BCUT2D eigenvalue weighted by Gasteiger charge is 2.15. The molecule has 0 radical (unpaired) electrons. The van der Waals surface area contributed by atoms with E-state index in [0.717, 1.165) is 0 Å². The fraction of sp³-hybridized carbons (Fsp3) is 0.250. The molecule has 68 valence electrons. The van der Waals surface area contributed by atoms with Gasteiger partial charge in [-0.05, 0) is 18.6 Å². The zero-order valence-electron chi connectivity index (χ0n) is 6.88. The number of nitrogens with zero attached hydrogens (tertiary/aromatic N) is 2. The summed E-state index contributed by atoms with van der Waals surface area (Å²) in [7, 11) is 0. The van der Waals surface area contributed by atoms with Crippen molar-refractivity contribution in [1.82, 2.24) is 4.98 Å². The van der Waals surface area contributed by atoms with E-state index in [9.17, 15) is 8.78 Å². The number of hydrogen-bond acceptors (Lipinski definition) is 3. The topological polar surface area (TPSA) is 62.7 Å². The summed E-state index contributed by atoms with van der Waals surface area (Å²) < 4.78 is 24.6. The zero-order chi connectivity index (χ0) is 10.0. The molecule has 5 heteroatoms. The average Bonchev–Trinajstić information content (AvgIpc) is 2.08. The summed E-state index contributed by atoms with van der Waals surface area (Å²) in [5, 5.41) is 8.57. The van der Waals surface area contributed by atoms with Gasteiger partial charge in [0.15, 0.2) is 0 Å². The Morgan fingerprint density at radius 2 is 2.23 bits per heavy atom. The van der Waals surface area contributed by atoms with Gasteiger partial charge in [0, 0.05) is 0 Å². The number of hydrogen-bond donors (Lipinski definition) is 1. The third kappa shape index (κ3) is 1.72. The molecule has 0 aliphatic carbocycles. The Balaban J connectivity index is 3.38. The van der Waals surface area contributed by atoms with Crippen molar-refractivity contribution in [2.75, 3.05) is 5.73 Å². The van der Waals surface area contributed by atoms with E-state index in [4.69, 9.17) is 11.0 Å². The smallest absolute Gasteiger partial charge is 0.280 e. The van der Waals surface area contributed by atoms with Crippen LogP contribution in [0.3, 0.4) is 0 Å². The van der Waals surface area contributed by atoms with Gasteiger partial charge in [0.25, 0.3) is 6.43 Å². The molecule has 0 bridgehead atoms. The molecule has 1 aromatic rings. The fourth-order valence-electron chi connectivity index (χ4n) is 0.978. The van der Waals surface area contributed by atoms with Gasteiger partial charge >= 0.3 is 0 Å². The van der Waals surface area contributed by atoms with Crippen LogP contribution in [0.2, 0.25) is 0 Å². The minimum Gasteiger partial charge on any atom is -0.384 e. The first kappa shape index (κ1) is 9.39. The Hall–Kier alpha value is -1.70. The van der Waals surface area contributed by atoms with E-state index in [2.05, 4.69) is 4.98 Å². The summed E-state index contributed by atoms with van der Waals surface area (Å²) >= 11 is 0.